The molecule has 0 heterocycles. The molecule has 0 spiro atoms. The van der Waals surface area contributed by atoms with E-state index in [0.29, 0.717) is 29.2 Å². The van der Waals surface area contributed by atoms with Crippen LogP contribution in [0.3, 0.4) is 0 Å². The molecule has 4 aromatic carbocycles. The number of nitrogens with one attached hydrogen (secondary N) is 1. The van der Waals surface area contributed by atoms with Crippen LogP contribution >= 0.6 is 0 Å². The molecule has 0 radical (unpaired) electrons. The zero-order chi connectivity index (χ0) is 25.5. The van der Waals surface area contributed by atoms with Crippen LogP contribution in [0.4, 0.5) is 5.69 Å². The first-order valence-corrected chi connectivity index (χ1v) is 11.3. The molecular formula is C30H24N2O4. The zero-order valence-corrected chi connectivity index (χ0v) is 19.9. The number of methoxy groups -OCH3 is 1. The summed E-state index contributed by atoms with van der Waals surface area (Å²) in [6, 6.07) is 27.8. The molecule has 4 aromatic rings. The molecule has 1 amide bonds. The number of fused-ring (bicyclic) bond motifs is 1. The number of anilines is 1. The van der Waals surface area contributed by atoms with Crippen LogP contribution in [0.25, 0.3) is 16.8 Å². The second-order valence-electron chi connectivity index (χ2n) is 8.17. The van der Waals surface area contributed by atoms with Gasteiger partial charge in [-0.15, -0.1) is 0 Å². The zero-order valence-electron chi connectivity index (χ0n) is 19.9. The molecular weight excluding hydrogens is 452 g/mol. The number of carbonyl (C=O) groups is 2. The maximum Gasteiger partial charge on any atom is 0.337 e. The van der Waals surface area contributed by atoms with E-state index in [1.807, 2.05) is 73.7 Å². The van der Waals surface area contributed by atoms with Crippen LogP contribution in [0.5, 0.6) is 5.75 Å². The molecule has 6 nitrogen and oxygen atoms in total. The average Bonchev–Trinajstić information content (AvgIpc) is 2.91. The van der Waals surface area contributed by atoms with Crippen molar-refractivity contribution in [2.75, 3.05) is 12.4 Å². The first-order valence-electron chi connectivity index (χ1n) is 11.3. The molecule has 0 aliphatic rings. The van der Waals surface area contributed by atoms with E-state index in [4.69, 9.17) is 4.74 Å². The third-order valence-corrected chi connectivity index (χ3v) is 5.66. The third-order valence-electron chi connectivity index (χ3n) is 5.66. The molecule has 0 fully saturated rings. The maximum absolute atomic E-state index is 12.9. The fraction of sp³-hybridized carbons (Fsp3) is 0.100. The van der Waals surface area contributed by atoms with Crippen LogP contribution in [0.2, 0.25) is 0 Å². The number of amides is 1. The summed E-state index contributed by atoms with van der Waals surface area (Å²) in [6.45, 7) is 2.37. The molecule has 1 N–H and O–H groups in total. The number of ether oxygens (including phenoxy) is 2. The van der Waals surface area contributed by atoms with E-state index in [1.165, 1.54) is 7.11 Å². The van der Waals surface area contributed by atoms with Gasteiger partial charge in [0.25, 0.3) is 5.91 Å². The van der Waals surface area contributed by atoms with Crippen LogP contribution in [0.1, 0.15) is 27.0 Å². The van der Waals surface area contributed by atoms with Crippen molar-refractivity contribution >= 4 is 34.4 Å². The lowest BCUT2D eigenvalue weighted by Gasteiger charge is -2.13. The molecule has 4 rings (SSSR count). The van der Waals surface area contributed by atoms with Gasteiger partial charge >= 0.3 is 5.97 Å². The Bertz CT molecular complexity index is 1480. The van der Waals surface area contributed by atoms with E-state index in [9.17, 15) is 14.9 Å². The van der Waals surface area contributed by atoms with Crippen molar-refractivity contribution in [1.29, 1.82) is 5.26 Å². The van der Waals surface area contributed by atoms with Crippen LogP contribution in [-0.4, -0.2) is 19.0 Å². The highest BCUT2D eigenvalue weighted by Crippen LogP contribution is 2.31. The van der Waals surface area contributed by atoms with Crippen molar-refractivity contribution in [3.05, 3.63) is 113 Å². The number of nitriles is 1. The Morgan fingerprint density at radius 1 is 0.944 bits per heavy atom. The Labute approximate surface area is 209 Å². The Hall–Kier alpha value is -4.89. The van der Waals surface area contributed by atoms with Gasteiger partial charge in [0.2, 0.25) is 0 Å². The van der Waals surface area contributed by atoms with Gasteiger partial charge in [0.05, 0.1) is 12.7 Å². The molecule has 178 valence electrons. The monoisotopic (exact) mass is 476 g/mol. The number of hydrogen-bond acceptors (Lipinski definition) is 5. The molecule has 0 aromatic heterocycles. The number of esters is 1. The van der Waals surface area contributed by atoms with Gasteiger partial charge in [-0.3, -0.25) is 4.79 Å². The fourth-order valence-corrected chi connectivity index (χ4v) is 3.69. The van der Waals surface area contributed by atoms with Gasteiger partial charge in [0.1, 0.15) is 24.0 Å². The number of rotatable bonds is 7. The number of nitrogens with zero attached hydrogens (tertiary/aromatic N) is 1. The third kappa shape index (κ3) is 5.60. The number of benzene rings is 4. The van der Waals surface area contributed by atoms with Crippen molar-refractivity contribution in [2.24, 2.45) is 0 Å². The lowest BCUT2D eigenvalue weighted by molar-refractivity contribution is -0.112. The second-order valence-corrected chi connectivity index (χ2v) is 8.17. The Morgan fingerprint density at radius 2 is 1.67 bits per heavy atom. The van der Waals surface area contributed by atoms with Crippen LogP contribution < -0.4 is 10.1 Å². The van der Waals surface area contributed by atoms with Crippen molar-refractivity contribution < 1.29 is 19.1 Å². The Morgan fingerprint density at radius 3 is 2.36 bits per heavy atom. The van der Waals surface area contributed by atoms with Gasteiger partial charge in [-0.25, -0.2) is 4.79 Å². The van der Waals surface area contributed by atoms with Crippen molar-refractivity contribution in [3.8, 4) is 11.8 Å². The Kier molecular flexibility index (Phi) is 7.42. The summed E-state index contributed by atoms with van der Waals surface area (Å²) in [5, 5.41) is 14.3. The predicted octanol–water partition coefficient (Wildman–Crippen LogP) is 6.06. The highest BCUT2D eigenvalue weighted by Gasteiger charge is 2.14. The van der Waals surface area contributed by atoms with E-state index in [-0.39, 0.29) is 5.57 Å². The summed E-state index contributed by atoms with van der Waals surface area (Å²) in [5.41, 5.74) is 3.55. The SMILES string of the molecule is COC(=O)c1ccc(NC(=O)/C(C#N)=C/c2c(OCc3ccc(C)cc3)ccc3ccccc23)cc1. The minimum Gasteiger partial charge on any atom is -0.488 e. The van der Waals surface area contributed by atoms with Gasteiger partial charge in [-0.1, -0.05) is 60.2 Å². The van der Waals surface area contributed by atoms with Gasteiger partial charge < -0.3 is 14.8 Å². The van der Waals surface area contributed by atoms with E-state index in [1.54, 1.807) is 30.3 Å². The summed E-state index contributed by atoms with van der Waals surface area (Å²) in [4.78, 5) is 24.6. The minimum absolute atomic E-state index is 0.0800. The first kappa shape index (κ1) is 24.2. The Balaban J connectivity index is 1.64. The van der Waals surface area contributed by atoms with E-state index < -0.39 is 11.9 Å². The summed E-state index contributed by atoms with van der Waals surface area (Å²) >= 11 is 0. The summed E-state index contributed by atoms with van der Waals surface area (Å²) in [5.74, 6) is -0.474. The van der Waals surface area contributed by atoms with Crippen LogP contribution in [0, 0.1) is 18.3 Å². The molecule has 36 heavy (non-hydrogen) atoms. The van der Waals surface area contributed by atoms with Crippen molar-refractivity contribution in [1.82, 2.24) is 0 Å². The molecule has 0 atom stereocenters. The number of aryl methyl sites for hydroxylation is 1. The number of hydrogen-bond donors (Lipinski definition) is 1. The fourth-order valence-electron chi connectivity index (χ4n) is 3.69. The molecule has 0 saturated carbocycles. The number of carbonyl (C=O) groups excluding carboxylic acids is 2. The minimum atomic E-state index is -0.569. The topological polar surface area (TPSA) is 88.4 Å². The second kappa shape index (κ2) is 11.0. The van der Waals surface area contributed by atoms with Crippen molar-refractivity contribution in [2.45, 2.75) is 13.5 Å². The first-order chi connectivity index (χ1) is 17.5. The van der Waals surface area contributed by atoms with E-state index in [0.717, 1.165) is 21.9 Å². The van der Waals surface area contributed by atoms with Crippen molar-refractivity contribution in [3.63, 3.8) is 0 Å². The molecule has 0 aliphatic heterocycles. The quantitative estimate of drug-likeness (QED) is 0.199. The van der Waals surface area contributed by atoms with Gasteiger partial charge in [0.15, 0.2) is 0 Å². The van der Waals surface area contributed by atoms with Gasteiger partial charge in [0, 0.05) is 11.3 Å². The molecule has 0 bridgehead atoms. The molecule has 0 aliphatic carbocycles. The summed E-state index contributed by atoms with van der Waals surface area (Å²) < 4.78 is 10.8. The highest BCUT2D eigenvalue weighted by atomic mass is 16.5. The van der Waals surface area contributed by atoms with Gasteiger partial charge in [-0.05, 0) is 59.7 Å². The summed E-state index contributed by atoms with van der Waals surface area (Å²) in [6.07, 6.45) is 1.55. The lowest BCUT2D eigenvalue weighted by Crippen LogP contribution is -2.13. The largest absolute Gasteiger partial charge is 0.488 e. The standard InChI is InChI=1S/C30H24N2O4/c1-20-7-9-21(10-8-20)19-36-28-16-13-22-5-3-4-6-26(22)27(28)17-24(18-31)29(33)32-25-14-11-23(12-15-25)30(34)35-2/h3-17H,19H2,1-2H3,(H,32,33)/b24-17+. The smallest absolute Gasteiger partial charge is 0.337 e. The highest BCUT2D eigenvalue weighted by molar-refractivity contribution is 6.11. The van der Waals surface area contributed by atoms with Gasteiger partial charge in [-0.2, -0.15) is 5.26 Å². The normalized spacial score (nSPS) is 11.0. The molecule has 0 saturated heterocycles. The average molecular weight is 477 g/mol. The lowest BCUT2D eigenvalue weighted by atomic mass is 10.0. The van der Waals surface area contributed by atoms with E-state index >= 15 is 0 Å². The van der Waals surface area contributed by atoms with Crippen LogP contribution in [0.15, 0.2) is 90.5 Å². The molecule has 6 heteroatoms. The molecule has 0 unspecified atom stereocenters. The van der Waals surface area contributed by atoms with E-state index in [2.05, 4.69) is 10.1 Å². The summed E-state index contributed by atoms with van der Waals surface area (Å²) in [7, 11) is 1.30. The van der Waals surface area contributed by atoms with Crippen LogP contribution in [-0.2, 0) is 16.1 Å². The maximum atomic E-state index is 12.9. The predicted molar refractivity (Wildman–Crippen MR) is 139 cm³/mol.